The predicted octanol–water partition coefficient (Wildman–Crippen LogP) is 0.943. The molecule has 0 saturated carbocycles. The molecule has 0 saturated heterocycles. The maximum absolute atomic E-state index is 3.99. The molecule has 0 aromatic carbocycles. The first kappa shape index (κ1) is 6.78. The molecule has 0 aliphatic heterocycles. The Labute approximate surface area is 68.9 Å². The summed E-state index contributed by atoms with van der Waals surface area (Å²) < 4.78 is 0. The second-order valence-corrected chi connectivity index (χ2v) is 2.18. The van der Waals surface area contributed by atoms with Gasteiger partial charge in [0.2, 0.25) is 5.95 Å². The second kappa shape index (κ2) is 3.00. The van der Waals surface area contributed by atoms with Gasteiger partial charge in [0, 0.05) is 18.6 Å². The Morgan fingerprint density at radius 2 is 2.08 bits per heavy atom. The zero-order valence-corrected chi connectivity index (χ0v) is 6.23. The van der Waals surface area contributed by atoms with E-state index in [0.717, 1.165) is 5.69 Å². The van der Waals surface area contributed by atoms with E-state index in [4.69, 9.17) is 0 Å². The molecule has 2 N–H and O–H groups in total. The molecule has 0 fully saturated rings. The number of hydrogen-bond acceptors (Lipinski definition) is 4. The molecule has 60 valence electrons. The van der Waals surface area contributed by atoms with Crippen LogP contribution in [0.5, 0.6) is 0 Å². The average Bonchev–Trinajstić information content (AvgIpc) is 2.59. The van der Waals surface area contributed by atoms with E-state index in [1.165, 1.54) is 0 Å². The van der Waals surface area contributed by atoms with Crippen molar-refractivity contribution < 1.29 is 0 Å². The van der Waals surface area contributed by atoms with Crippen LogP contribution in [0.25, 0.3) is 0 Å². The van der Waals surface area contributed by atoms with Crippen molar-refractivity contribution in [1.29, 1.82) is 0 Å². The molecule has 0 atom stereocenters. The van der Waals surface area contributed by atoms with E-state index in [9.17, 15) is 0 Å². The molecule has 2 rings (SSSR count). The van der Waals surface area contributed by atoms with Crippen LogP contribution in [-0.4, -0.2) is 20.2 Å². The third-order valence-electron chi connectivity index (χ3n) is 1.32. The van der Waals surface area contributed by atoms with Crippen molar-refractivity contribution in [3.05, 3.63) is 30.9 Å². The molecule has 2 aromatic rings. The first-order valence-electron chi connectivity index (χ1n) is 3.48. The SMILES string of the molecule is c1cnc(Nc2cn[nH]c2)nc1. The average molecular weight is 161 g/mol. The fourth-order valence-corrected chi connectivity index (χ4v) is 0.812. The van der Waals surface area contributed by atoms with Crippen LogP contribution in [0.15, 0.2) is 30.9 Å². The van der Waals surface area contributed by atoms with Crippen LogP contribution in [0, 0.1) is 0 Å². The summed E-state index contributed by atoms with van der Waals surface area (Å²) in [6.45, 7) is 0. The molecule has 0 aliphatic carbocycles. The fraction of sp³-hybridized carbons (Fsp3) is 0. The quantitative estimate of drug-likeness (QED) is 0.688. The van der Waals surface area contributed by atoms with Crippen molar-refractivity contribution >= 4 is 11.6 Å². The zero-order chi connectivity index (χ0) is 8.23. The Bertz CT molecular complexity index is 328. The minimum absolute atomic E-state index is 0.568. The molecule has 0 amide bonds. The molecule has 5 nitrogen and oxygen atoms in total. The Balaban J connectivity index is 2.15. The largest absolute Gasteiger partial charge is 0.321 e. The molecule has 0 bridgehead atoms. The van der Waals surface area contributed by atoms with Gasteiger partial charge in [-0.1, -0.05) is 0 Å². The van der Waals surface area contributed by atoms with E-state index >= 15 is 0 Å². The lowest BCUT2D eigenvalue weighted by atomic mass is 10.6. The Kier molecular flexibility index (Phi) is 1.69. The smallest absolute Gasteiger partial charge is 0.227 e. The first-order valence-corrected chi connectivity index (χ1v) is 3.48. The summed E-state index contributed by atoms with van der Waals surface area (Å²) >= 11 is 0. The van der Waals surface area contributed by atoms with Gasteiger partial charge >= 0.3 is 0 Å². The van der Waals surface area contributed by atoms with Gasteiger partial charge in [-0.25, -0.2) is 9.97 Å². The minimum Gasteiger partial charge on any atom is -0.321 e. The molecule has 12 heavy (non-hydrogen) atoms. The molecule has 0 radical (unpaired) electrons. The Morgan fingerprint density at radius 1 is 1.25 bits per heavy atom. The van der Waals surface area contributed by atoms with E-state index in [1.54, 1.807) is 30.9 Å². The van der Waals surface area contributed by atoms with Gasteiger partial charge in [0.15, 0.2) is 0 Å². The molecule has 0 aliphatic rings. The molecular weight excluding hydrogens is 154 g/mol. The van der Waals surface area contributed by atoms with Crippen LogP contribution in [0.3, 0.4) is 0 Å². The highest BCUT2D eigenvalue weighted by molar-refractivity contribution is 5.49. The van der Waals surface area contributed by atoms with E-state index in [-0.39, 0.29) is 0 Å². The van der Waals surface area contributed by atoms with Crippen molar-refractivity contribution in [2.24, 2.45) is 0 Å². The van der Waals surface area contributed by atoms with Gasteiger partial charge in [-0.15, -0.1) is 0 Å². The fourth-order valence-electron chi connectivity index (χ4n) is 0.812. The number of hydrogen-bond donors (Lipinski definition) is 2. The number of nitrogens with zero attached hydrogens (tertiary/aromatic N) is 3. The third-order valence-corrected chi connectivity index (χ3v) is 1.32. The highest BCUT2D eigenvalue weighted by atomic mass is 15.2. The summed E-state index contributed by atoms with van der Waals surface area (Å²) in [4.78, 5) is 7.98. The lowest BCUT2D eigenvalue weighted by Gasteiger charge is -1.97. The second-order valence-electron chi connectivity index (χ2n) is 2.18. The van der Waals surface area contributed by atoms with E-state index < -0.39 is 0 Å². The van der Waals surface area contributed by atoms with Gasteiger partial charge in [0.1, 0.15) is 0 Å². The summed E-state index contributed by atoms with van der Waals surface area (Å²) in [6, 6.07) is 1.76. The lowest BCUT2D eigenvalue weighted by molar-refractivity contribution is 1.09. The van der Waals surface area contributed by atoms with Crippen LogP contribution in [0.4, 0.5) is 11.6 Å². The van der Waals surface area contributed by atoms with Crippen molar-refractivity contribution in [2.75, 3.05) is 5.32 Å². The zero-order valence-electron chi connectivity index (χ0n) is 6.23. The summed E-state index contributed by atoms with van der Waals surface area (Å²) in [7, 11) is 0. The number of H-pyrrole nitrogens is 1. The third kappa shape index (κ3) is 1.39. The Hall–Kier alpha value is -1.91. The van der Waals surface area contributed by atoms with Gasteiger partial charge in [-0.05, 0) is 6.07 Å². The standard InChI is InChI=1S/C7H7N5/c1-2-8-7(9-3-1)12-6-4-10-11-5-6/h1-5H,(H,10,11)(H,8,9,12). The molecule has 0 unspecified atom stereocenters. The molecule has 2 aromatic heterocycles. The van der Waals surface area contributed by atoms with Crippen molar-refractivity contribution in [2.45, 2.75) is 0 Å². The number of aromatic nitrogens is 4. The number of anilines is 2. The van der Waals surface area contributed by atoms with Crippen molar-refractivity contribution in [3.63, 3.8) is 0 Å². The maximum atomic E-state index is 3.99. The van der Waals surface area contributed by atoms with E-state index in [2.05, 4.69) is 25.5 Å². The van der Waals surface area contributed by atoms with Crippen LogP contribution >= 0.6 is 0 Å². The normalized spacial score (nSPS) is 9.67. The molecule has 2 heterocycles. The van der Waals surface area contributed by atoms with Crippen LogP contribution in [0.1, 0.15) is 0 Å². The van der Waals surface area contributed by atoms with Gasteiger partial charge < -0.3 is 5.32 Å². The lowest BCUT2D eigenvalue weighted by Crippen LogP contribution is -1.93. The molecular formula is C7H7N5. The van der Waals surface area contributed by atoms with Crippen molar-refractivity contribution in [1.82, 2.24) is 20.2 Å². The summed E-state index contributed by atoms with van der Waals surface area (Å²) in [5.41, 5.74) is 0.848. The van der Waals surface area contributed by atoms with E-state index in [0.29, 0.717) is 5.95 Å². The van der Waals surface area contributed by atoms with Crippen LogP contribution < -0.4 is 5.32 Å². The summed E-state index contributed by atoms with van der Waals surface area (Å²) in [5, 5.41) is 9.43. The van der Waals surface area contributed by atoms with Gasteiger partial charge in [0.05, 0.1) is 11.9 Å². The van der Waals surface area contributed by atoms with Crippen LogP contribution in [0.2, 0.25) is 0 Å². The van der Waals surface area contributed by atoms with Gasteiger partial charge in [0.25, 0.3) is 0 Å². The highest BCUT2D eigenvalue weighted by Crippen LogP contribution is 2.07. The number of nitrogens with one attached hydrogen (secondary N) is 2. The predicted molar refractivity (Wildman–Crippen MR) is 43.9 cm³/mol. The number of aromatic amines is 1. The number of rotatable bonds is 2. The van der Waals surface area contributed by atoms with Crippen LogP contribution in [-0.2, 0) is 0 Å². The topological polar surface area (TPSA) is 66.5 Å². The molecule has 5 heteroatoms. The van der Waals surface area contributed by atoms with E-state index in [1.807, 2.05) is 0 Å². The maximum Gasteiger partial charge on any atom is 0.227 e. The Morgan fingerprint density at radius 3 is 2.75 bits per heavy atom. The first-order chi connectivity index (χ1) is 5.95. The monoisotopic (exact) mass is 161 g/mol. The van der Waals surface area contributed by atoms with Gasteiger partial charge in [-0.3, -0.25) is 5.10 Å². The molecule has 0 spiro atoms. The summed E-state index contributed by atoms with van der Waals surface area (Å²) in [5.74, 6) is 0.568. The van der Waals surface area contributed by atoms with Gasteiger partial charge in [-0.2, -0.15) is 5.10 Å². The minimum atomic E-state index is 0.568. The van der Waals surface area contributed by atoms with Crippen molar-refractivity contribution in [3.8, 4) is 0 Å². The highest BCUT2D eigenvalue weighted by Gasteiger charge is 1.94. The summed E-state index contributed by atoms with van der Waals surface area (Å²) in [6.07, 6.45) is 6.75.